The number of carbonyl (C=O) groups is 3. The van der Waals surface area contributed by atoms with Crippen molar-refractivity contribution in [2.45, 2.75) is 107 Å². The third kappa shape index (κ3) is 3.29. The van der Waals surface area contributed by atoms with Gasteiger partial charge in [0.2, 0.25) is 6.29 Å². The molecular weight excluding hydrogens is 620 g/mol. The number of carbonyl (C=O) groups excluding carboxylic acids is 3. The molecule has 3 N–H and O–H groups in total. The Morgan fingerprint density at radius 2 is 1.74 bits per heavy atom. The summed E-state index contributed by atoms with van der Waals surface area (Å²) in [4.78, 5) is 40.0. The van der Waals surface area contributed by atoms with Crippen molar-refractivity contribution in [2.24, 2.45) is 34.0 Å². The normalized spacial score (nSPS) is 56.1. The first-order chi connectivity index (χ1) is 22.1. The molecule has 1 unspecified atom stereocenters. The van der Waals surface area contributed by atoms with Crippen molar-refractivity contribution in [3.05, 3.63) is 24.0 Å². The minimum absolute atomic E-state index is 0.128. The molecule has 4 saturated heterocycles. The van der Waals surface area contributed by atoms with Crippen LogP contribution in [-0.4, -0.2) is 113 Å². The van der Waals surface area contributed by atoms with E-state index in [9.17, 15) is 29.7 Å². The lowest BCUT2D eigenvalue weighted by Crippen LogP contribution is -2.77. The van der Waals surface area contributed by atoms with Gasteiger partial charge in [-0.15, -0.1) is 0 Å². The zero-order valence-corrected chi connectivity index (χ0v) is 27.2. The third-order valence-electron chi connectivity index (χ3n) is 13.6. The first-order valence-electron chi connectivity index (χ1n) is 16.2. The van der Waals surface area contributed by atoms with Gasteiger partial charge < -0.3 is 53.2 Å². The SMILES string of the molecule is C/C=C(\C)C(=O)O[C@H]1C[C@@H](OC(C)=O)[C@@]2(C(=O)OC)CO[C@H]3[C@@H](O)[C@@](C)(C45O[C@@]4(C)[C@H]4C[C@@H]5O[C@@H]5OC=C[C@@]54O)[C@@H]4[C@H](O)OC[C@@]14[C@@H]32. The molecule has 0 radical (unpaired) electrons. The Morgan fingerprint density at radius 3 is 2.43 bits per heavy atom. The topological polar surface area (TPSA) is 189 Å². The molecule has 258 valence electrons. The van der Waals surface area contributed by atoms with Crippen LogP contribution in [0.2, 0.25) is 0 Å². The van der Waals surface area contributed by atoms with Gasteiger partial charge in [-0.25, -0.2) is 4.79 Å². The third-order valence-corrected chi connectivity index (χ3v) is 13.6. The fraction of sp³-hybridized carbons (Fsp3) is 0.788. The molecule has 7 fully saturated rings. The minimum atomic E-state index is -1.63. The van der Waals surface area contributed by atoms with E-state index < -0.39 is 112 Å². The van der Waals surface area contributed by atoms with Crippen LogP contribution in [0.5, 0.6) is 0 Å². The van der Waals surface area contributed by atoms with Crippen LogP contribution in [0.3, 0.4) is 0 Å². The van der Waals surface area contributed by atoms with Gasteiger partial charge in [-0.3, -0.25) is 9.59 Å². The minimum Gasteiger partial charge on any atom is -0.469 e. The molecule has 8 rings (SSSR count). The maximum atomic E-state index is 14.0. The lowest BCUT2D eigenvalue weighted by atomic mass is 9.38. The van der Waals surface area contributed by atoms with Gasteiger partial charge in [0.05, 0.1) is 44.9 Å². The van der Waals surface area contributed by atoms with Crippen LogP contribution >= 0.6 is 0 Å². The average Bonchev–Trinajstić information content (AvgIpc) is 3.43. The summed E-state index contributed by atoms with van der Waals surface area (Å²) in [6, 6.07) is 0. The van der Waals surface area contributed by atoms with Gasteiger partial charge in [0.15, 0.2) is 11.9 Å². The van der Waals surface area contributed by atoms with Crippen LogP contribution < -0.4 is 0 Å². The summed E-state index contributed by atoms with van der Waals surface area (Å²) in [5.41, 5.74) is -7.94. The molecular formula is C33H42O14. The highest BCUT2D eigenvalue weighted by Crippen LogP contribution is 2.82. The van der Waals surface area contributed by atoms with E-state index in [1.165, 1.54) is 20.3 Å². The Kier molecular flexibility index (Phi) is 6.44. The molecule has 3 saturated carbocycles. The summed E-state index contributed by atoms with van der Waals surface area (Å²) in [6.07, 6.45) is -3.09. The molecule has 16 atom stereocenters. The summed E-state index contributed by atoms with van der Waals surface area (Å²) < 4.78 is 48.7. The molecule has 47 heavy (non-hydrogen) atoms. The molecule has 0 amide bonds. The van der Waals surface area contributed by atoms with E-state index in [0.717, 1.165) is 0 Å². The molecule has 0 aromatic carbocycles. The van der Waals surface area contributed by atoms with Crippen molar-refractivity contribution in [1.29, 1.82) is 0 Å². The summed E-state index contributed by atoms with van der Waals surface area (Å²) in [5.74, 6) is -4.53. The summed E-state index contributed by atoms with van der Waals surface area (Å²) >= 11 is 0. The van der Waals surface area contributed by atoms with E-state index in [2.05, 4.69) is 0 Å². The fourth-order valence-corrected chi connectivity index (χ4v) is 11.7. The van der Waals surface area contributed by atoms with E-state index in [-0.39, 0.29) is 19.6 Å². The van der Waals surface area contributed by atoms with Crippen molar-refractivity contribution >= 4 is 17.9 Å². The van der Waals surface area contributed by atoms with E-state index in [1.807, 2.05) is 6.92 Å². The quantitative estimate of drug-likeness (QED) is 0.157. The highest BCUT2D eigenvalue weighted by atomic mass is 16.7. The van der Waals surface area contributed by atoms with Crippen LogP contribution in [0.25, 0.3) is 0 Å². The van der Waals surface area contributed by atoms with E-state index in [0.29, 0.717) is 12.0 Å². The van der Waals surface area contributed by atoms with E-state index in [1.54, 1.807) is 32.9 Å². The molecule has 2 bridgehead atoms. The number of aliphatic hydroxyl groups is 3. The fourth-order valence-electron chi connectivity index (χ4n) is 11.7. The number of epoxide rings is 1. The van der Waals surface area contributed by atoms with Gasteiger partial charge in [0.1, 0.15) is 28.8 Å². The van der Waals surface area contributed by atoms with Crippen molar-refractivity contribution in [3.8, 4) is 0 Å². The molecule has 8 aliphatic rings. The Morgan fingerprint density at radius 1 is 1.00 bits per heavy atom. The number of rotatable bonds is 5. The maximum absolute atomic E-state index is 14.0. The number of ether oxygens (including phenoxy) is 8. The predicted molar refractivity (Wildman–Crippen MR) is 153 cm³/mol. The lowest BCUT2D eigenvalue weighted by Gasteiger charge is -2.65. The Bertz CT molecular complexity index is 1490. The first-order valence-corrected chi connectivity index (χ1v) is 16.2. The van der Waals surface area contributed by atoms with Crippen LogP contribution in [-0.2, 0) is 52.3 Å². The molecule has 5 heterocycles. The van der Waals surface area contributed by atoms with Crippen molar-refractivity contribution < 1.29 is 67.6 Å². The van der Waals surface area contributed by atoms with E-state index in [4.69, 9.17) is 37.9 Å². The van der Waals surface area contributed by atoms with Gasteiger partial charge in [-0.05, 0) is 33.3 Å². The van der Waals surface area contributed by atoms with Gasteiger partial charge in [-0.1, -0.05) is 13.0 Å². The van der Waals surface area contributed by atoms with Crippen LogP contribution in [0.4, 0.5) is 0 Å². The Labute approximate surface area is 271 Å². The second kappa shape index (κ2) is 9.55. The van der Waals surface area contributed by atoms with Crippen molar-refractivity contribution in [2.75, 3.05) is 20.3 Å². The lowest BCUT2D eigenvalue weighted by molar-refractivity contribution is -0.302. The second-order valence-corrected chi connectivity index (χ2v) is 15.0. The highest BCUT2D eigenvalue weighted by molar-refractivity contribution is 5.88. The predicted octanol–water partition coefficient (Wildman–Crippen LogP) is 0.254. The molecule has 0 aromatic heterocycles. The molecule has 14 nitrogen and oxygen atoms in total. The number of hydrogen-bond acceptors (Lipinski definition) is 14. The number of fused-ring (bicyclic) bond motifs is 7. The molecule has 14 heteroatoms. The summed E-state index contributed by atoms with van der Waals surface area (Å²) in [6.45, 7) is 7.74. The van der Waals surface area contributed by atoms with Crippen molar-refractivity contribution in [1.82, 2.24) is 0 Å². The van der Waals surface area contributed by atoms with Gasteiger partial charge in [0.25, 0.3) is 0 Å². The number of esters is 3. The van der Waals surface area contributed by atoms with E-state index >= 15 is 0 Å². The Hall–Kier alpha value is -2.59. The standard InChI is InChI=1S/C33H42O14/c1-7-14(2)24(36)45-17-11-18(44-15(3)34)31(26(38)40-6)13-42-20-21(31)30(17)12-43-25(37)22(30)28(4,23(20)35)33-19-10-16(29(33,5)47-33)32(39)8-9-41-27(32)46-19/h7-9,16-23,25,27,35,37,39H,10-13H2,1-6H3/b14-7+/t16-,17+,18-,19+,20-,21-,22+,23-,25-,27+,28+,29+,30+,31+,32+,33?/m1/s1. The molecule has 0 aromatic rings. The number of methoxy groups -OCH3 is 1. The molecule has 3 aliphatic carbocycles. The zero-order chi connectivity index (χ0) is 33.7. The smallest absolute Gasteiger partial charge is 0.333 e. The van der Waals surface area contributed by atoms with Gasteiger partial charge in [0, 0.05) is 47.5 Å². The number of allylic oxidation sites excluding steroid dienone is 1. The van der Waals surface area contributed by atoms with Crippen molar-refractivity contribution in [3.63, 3.8) is 0 Å². The average molecular weight is 663 g/mol. The second-order valence-electron chi connectivity index (χ2n) is 15.0. The maximum Gasteiger partial charge on any atom is 0.333 e. The first kappa shape index (κ1) is 31.7. The summed E-state index contributed by atoms with van der Waals surface area (Å²) in [7, 11) is 1.22. The number of aliphatic hydroxyl groups excluding tert-OH is 2. The van der Waals surface area contributed by atoms with Gasteiger partial charge >= 0.3 is 17.9 Å². The number of hydrogen-bond donors (Lipinski definition) is 3. The largest absolute Gasteiger partial charge is 0.469 e. The van der Waals surface area contributed by atoms with Gasteiger partial charge in [-0.2, -0.15) is 0 Å². The highest BCUT2D eigenvalue weighted by Gasteiger charge is 2.95. The van der Waals surface area contributed by atoms with Crippen LogP contribution in [0, 0.1) is 34.0 Å². The van der Waals surface area contributed by atoms with Crippen LogP contribution in [0.15, 0.2) is 24.0 Å². The molecule has 5 aliphatic heterocycles. The molecule has 1 spiro atoms. The summed E-state index contributed by atoms with van der Waals surface area (Å²) in [5, 5.41) is 36.4. The van der Waals surface area contributed by atoms with Crippen LogP contribution in [0.1, 0.15) is 47.5 Å². The Balaban J connectivity index is 1.34. The monoisotopic (exact) mass is 662 g/mol. The zero-order valence-electron chi connectivity index (χ0n) is 27.2.